The van der Waals surface area contributed by atoms with Crippen molar-refractivity contribution in [3.8, 4) is 0 Å². The van der Waals surface area contributed by atoms with Gasteiger partial charge in [-0.25, -0.2) is 0 Å². The maximum Gasteiger partial charge on any atom is 0.251 e. The number of carbonyl (C=O) groups excluding carboxylic acids is 1. The topological polar surface area (TPSA) is 62.0 Å². The summed E-state index contributed by atoms with van der Waals surface area (Å²) in [6, 6.07) is 19.6. The zero-order valence-electron chi connectivity index (χ0n) is 15.2. The van der Waals surface area contributed by atoms with Gasteiger partial charge in [-0.05, 0) is 34.9 Å². The van der Waals surface area contributed by atoms with Crippen LogP contribution < -0.4 is 10.9 Å². The summed E-state index contributed by atoms with van der Waals surface area (Å²) in [5.41, 5.74) is 2.33. The highest BCUT2D eigenvalue weighted by Crippen LogP contribution is 2.26. The lowest BCUT2D eigenvalue weighted by Gasteiger charge is -2.24. The summed E-state index contributed by atoms with van der Waals surface area (Å²) in [6.07, 6.45) is 0.919. The number of pyridine rings is 1. The Morgan fingerprint density at radius 3 is 2.50 bits per heavy atom. The minimum atomic E-state index is -0.230. The van der Waals surface area contributed by atoms with E-state index in [9.17, 15) is 9.59 Å². The zero-order chi connectivity index (χ0) is 18.6. The number of benzene rings is 2. The minimum absolute atomic E-state index is 0.00364. The number of aromatic nitrogens is 1. The van der Waals surface area contributed by atoms with E-state index in [4.69, 9.17) is 0 Å². The fraction of sp³-hybridized carbons (Fsp3) is 0.273. The Morgan fingerprint density at radius 2 is 1.73 bits per heavy atom. The molecule has 2 N–H and O–H groups in total. The van der Waals surface area contributed by atoms with Crippen LogP contribution in [-0.2, 0) is 16.6 Å². The van der Waals surface area contributed by atoms with Gasteiger partial charge in [-0.15, -0.1) is 0 Å². The number of hydrogen-bond acceptors (Lipinski definition) is 2. The second kappa shape index (κ2) is 7.56. The number of para-hydroxylation sites is 1. The molecule has 0 unspecified atom stereocenters. The highest BCUT2D eigenvalue weighted by molar-refractivity contribution is 5.79. The molecule has 3 aromatic rings. The second-order valence-electron chi connectivity index (χ2n) is 7.24. The van der Waals surface area contributed by atoms with Crippen molar-refractivity contribution in [2.24, 2.45) is 0 Å². The highest BCUT2D eigenvalue weighted by atomic mass is 16.1. The Bertz CT molecular complexity index is 959. The van der Waals surface area contributed by atoms with Gasteiger partial charge in [0.15, 0.2) is 0 Å². The highest BCUT2D eigenvalue weighted by Gasteiger charge is 2.23. The molecule has 1 amide bonds. The number of hydrogen-bond donors (Lipinski definition) is 2. The van der Waals surface area contributed by atoms with Crippen molar-refractivity contribution in [1.29, 1.82) is 0 Å². The number of fused-ring (bicyclic) bond motifs is 1. The van der Waals surface area contributed by atoms with E-state index in [0.29, 0.717) is 24.9 Å². The molecule has 0 aliphatic heterocycles. The Labute approximate surface area is 153 Å². The molecule has 0 spiro atoms. The fourth-order valence-electron chi connectivity index (χ4n) is 3.17. The average Bonchev–Trinajstić information content (AvgIpc) is 2.62. The third-order valence-corrected chi connectivity index (χ3v) is 4.70. The molecule has 4 nitrogen and oxygen atoms in total. The SMILES string of the molecule is CC(C)(CC(=O)NCCc1cc2ccccc2[nH]c1=O)c1ccccc1. The number of amides is 1. The van der Waals surface area contributed by atoms with Crippen LogP contribution in [0, 0.1) is 0 Å². The van der Waals surface area contributed by atoms with Crippen molar-refractivity contribution in [2.75, 3.05) is 6.54 Å². The van der Waals surface area contributed by atoms with Gasteiger partial charge in [0.05, 0.1) is 0 Å². The molecule has 3 rings (SSSR count). The van der Waals surface area contributed by atoms with Crippen LogP contribution in [0.2, 0.25) is 0 Å². The van der Waals surface area contributed by atoms with E-state index in [1.165, 1.54) is 0 Å². The normalized spacial score (nSPS) is 11.5. The first-order chi connectivity index (χ1) is 12.5. The van der Waals surface area contributed by atoms with Gasteiger partial charge in [0.1, 0.15) is 0 Å². The van der Waals surface area contributed by atoms with Gasteiger partial charge >= 0.3 is 0 Å². The third-order valence-electron chi connectivity index (χ3n) is 4.70. The predicted octanol–water partition coefficient (Wildman–Crippen LogP) is 3.55. The lowest BCUT2D eigenvalue weighted by molar-refractivity contribution is -0.122. The predicted molar refractivity (Wildman–Crippen MR) is 105 cm³/mol. The van der Waals surface area contributed by atoms with Gasteiger partial charge in [0.25, 0.3) is 5.56 Å². The molecule has 0 aliphatic rings. The Hall–Kier alpha value is -2.88. The molecule has 1 aromatic heterocycles. The van der Waals surface area contributed by atoms with Gasteiger partial charge in [0.2, 0.25) is 5.91 Å². The molecule has 0 radical (unpaired) electrons. The number of nitrogens with one attached hydrogen (secondary N) is 2. The summed E-state index contributed by atoms with van der Waals surface area (Å²) >= 11 is 0. The molecule has 0 saturated carbocycles. The van der Waals surface area contributed by atoms with E-state index < -0.39 is 0 Å². The van der Waals surface area contributed by atoms with Crippen molar-refractivity contribution in [1.82, 2.24) is 10.3 Å². The maximum absolute atomic E-state index is 12.3. The molecule has 0 saturated heterocycles. The van der Waals surface area contributed by atoms with Gasteiger partial charge in [0, 0.05) is 24.0 Å². The Kier molecular flexibility index (Phi) is 5.21. The van der Waals surface area contributed by atoms with Crippen molar-refractivity contribution < 1.29 is 4.79 Å². The van der Waals surface area contributed by atoms with Crippen molar-refractivity contribution in [3.63, 3.8) is 0 Å². The van der Waals surface area contributed by atoms with E-state index in [-0.39, 0.29) is 16.9 Å². The van der Waals surface area contributed by atoms with Crippen molar-refractivity contribution in [3.05, 3.63) is 82.1 Å². The van der Waals surface area contributed by atoms with Gasteiger partial charge in [-0.3, -0.25) is 9.59 Å². The molecular weight excluding hydrogens is 324 g/mol. The quantitative estimate of drug-likeness (QED) is 0.715. The smallest absolute Gasteiger partial charge is 0.251 e. The first kappa shape index (κ1) is 17.9. The standard InChI is InChI=1S/C22H24N2O2/c1-22(2,18-9-4-3-5-10-18)15-20(25)23-13-12-17-14-16-8-6-7-11-19(16)24-21(17)26/h3-11,14H,12-13,15H2,1-2H3,(H,23,25)(H,24,26). The number of rotatable bonds is 6. The molecule has 134 valence electrons. The van der Waals surface area contributed by atoms with Crippen LogP contribution in [0.4, 0.5) is 0 Å². The molecule has 0 fully saturated rings. The van der Waals surface area contributed by atoms with Crippen LogP contribution in [0.1, 0.15) is 31.4 Å². The molecular formula is C22H24N2O2. The molecule has 0 bridgehead atoms. The number of carbonyl (C=O) groups is 1. The molecule has 2 aromatic carbocycles. The van der Waals surface area contributed by atoms with Crippen molar-refractivity contribution >= 4 is 16.8 Å². The van der Waals surface area contributed by atoms with Crippen LogP contribution in [0.5, 0.6) is 0 Å². The average molecular weight is 348 g/mol. The van der Waals surface area contributed by atoms with Crippen LogP contribution in [0.3, 0.4) is 0 Å². The number of H-pyrrole nitrogens is 1. The molecule has 26 heavy (non-hydrogen) atoms. The maximum atomic E-state index is 12.3. The fourth-order valence-corrected chi connectivity index (χ4v) is 3.17. The molecule has 0 aliphatic carbocycles. The van der Waals surface area contributed by atoms with E-state index >= 15 is 0 Å². The van der Waals surface area contributed by atoms with Crippen LogP contribution in [0.15, 0.2) is 65.5 Å². The van der Waals surface area contributed by atoms with E-state index in [0.717, 1.165) is 16.5 Å². The summed E-state index contributed by atoms with van der Waals surface area (Å²) in [5, 5.41) is 3.94. The van der Waals surface area contributed by atoms with Crippen LogP contribution in [-0.4, -0.2) is 17.4 Å². The van der Waals surface area contributed by atoms with Crippen molar-refractivity contribution in [2.45, 2.75) is 32.1 Å². The lowest BCUT2D eigenvalue weighted by Crippen LogP contribution is -2.32. The molecule has 4 heteroatoms. The summed E-state index contributed by atoms with van der Waals surface area (Å²) in [5.74, 6) is -0.00364. The van der Waals surface area contributed by atoms with Crippen LogP contribution in [0.25, 0.3) is 10.9 Å². The Balaban J connectivity index is 1.59. The molecule has 1 heterocycles. The second-order valence-corrected chi connectivity index (χ2v) is 7.24. The van der Waals surface area contributed by atoms with E-state index in [2.05, 4.69) is 24.1 Å². The van der Waals surface area contributed by atoms with Gasteiger partial charge in [-0.1, -0.05) is 62.4 Å². The first-order valence-electron chi connectivity index (χ1n) is 8.89. The van der Waals surface area contributed by atoms with Gasteiger partial charge < -0.3 is 10.3 Å². The minimum Gasteiger partial charge on any atom is -0.356 e. The third kappa shape index (κ3) is 4.20. The zero-order valence-corrected chi connectivity index (χ0v) is 15.2. The molecule has 0 atom stereocenters. The summed E-state index contributed by atoms with van der Waals surface area (Å²) in [7, 11) is 0. The lowest BCUT2D eigenvalue weighted by atomic mass is 9.81. The summed E-state index contributed by atoms with van der Waals surface area (Å²) in [4.78, 5) is 27.4. The first-order valence-corrected chi connectivity index (χ1v) is 8.89. The monoisotopic (exact) mass is 348 g/mol. The summed E-state index contributed by atoms with van der Waals surface area (Å²) < 4.78 is 0. The van der Waals surface area contributed by atoms with Gasteiger partial charge in [-0.2, -0.15) is 0 Å². The number of aromatic amines is 1. The van der Waals surface area contributed by atoms with E-state index in [1.807, 2.05) is 60.7 Å². The Morgan fingerprint density at radius 1 is 1.04 bits per heavy atom. The summed E-state index contributed by atoms with van der Waals surface area (Å²) in [6.45, 7) is 4.58. The largest absolute Gasteiger partial charge is 0.356 e. The van der Waals surface area contributed by atoms with E-state index in [1.54, 1.807) is 0 Å². The van der Waals surface area contributed by atoms with Crippen LogP contribution >= 0.6 is 0 Å².